The van der Waals surface area contributed by atoms with Gasteiger partial charge >= 0.3 is 5.97 Å². The van der Waals surface area contributed by atoms with Gasteiger partial charge in [-0.05, 0) is 51.0 Å². The number of aryl methyl sites for hydroxylation is 1. The lowest BCUT2D eigenvalue weighted by molar-refractivity contribution is -0.134. The highest BCUT2D eigenvalue weighted by Gasteiger charge is 2.48. The van der Waals surface area contributed by atoms with E-state index in [2.05, 4.69) is 17.3 Å². The van der Waals surface area contributed by atoms with Gasteiger partial charge in [0.05, 0.1) is 13.7 Å². The Bertz CT molecular complexity index is 1050. The smallest absolute Gasteiger partial charge is 0.358 e. The monoisotopic (exact) mass is 452 g/mol. The lowest BCUT2D eigenvalue weighted by atomic mass is 9.86. The van der Waals surface area contributed by atoms with Crippen LogP contribution in [0, 0.1) is 12.8 Å². The van der Waals surface area contributed by atoms with Crippen molar-refractivity contribution in [3.8, 4) is 0 Å². The van der Waals surface area contributed by atoms with Gasteiger partial charge in [-0.25, -0.2) is 4.79 Å². The molecule has 2 aromatic rings. The zero-order chi connectivity index (χ0) is 23.8. The van der Waals surface area contributed by atoms with Crippen LogP contribution in [0.25, 0.3) is 0 Å². The number of nitrogens with zero attached hydrogens (tertiary/aromatic N) is 3. The van der Waals surface area contributed by atoms with Gasteiger partial charge in [0, 0.05) is 18.7 Å². The quantitative estimate of drug-likeness (QED) is 0.704. The van der Waals surface area contributed by atoms with Crippen LogP contribution in [0.2, 0.25) is 0 Å². The molecule has 0 radical (unpaired) electrons. The molecule has 1 aromatic heterocycles. The summed E-state index contributed by atoms with van der Waals surface area (Å²) in [5, 5.41) is 7.48. The second-order valence-corrected chi connectivity index (χ2v) is 9.65. The van der Waals surface area contributed by atoms with Gasteiger partial charge in [0.15, 0.2) is 5.69 Å². The van der Waals surface area contributed by atoms with Gasteiger partial charge in [-0.15, -0.1) is 0 Å². The minimum absolute atomic E-state index is 0.0575. The molecule has 176 valence electrons. The van der Waals surface area contributed by atoms with Crippen molar-refractivity contribution in [2.24, 2.45) is 5.92 Å². The Morgan fingerprint density at radius 3 is 2.48 bits per heavy atom. The SMILES string of the molecule is COC(=O)c1cc2n(n1)C[C@](C)(C(=O)NC1CCC(C)CC1)N(Cc1ccc(C)cc1)C2=O. The number of hydrogen-bond donors (Lipinski definition) is 1. The normalized spacial score (nSPS) is 24.8. The molecule has 8 nitrogen and oxygen atoms in total. The zero-order valence-corrected chi connectivity index (χ0v) is 19.8. The number of hydrogen-bond acceptors (Lipinski definition) is 5. The van der Waals surface area contributed by atoms with E-state index < -0.39 is 11.5 Å². The molecule has 8 heteroatoms. The van der Waals surface area contributed by atoms with Crippen LogP contribution in [0.1, 0.15) is 71.6 Å². The number of methoxy groups -OCH3 is 1. The van der Waals surface area contributed by atoms with Crippen molar-refractivity contribution in [3.63, 3.8) is 0 Å². The molecule has 1 saturated carbocycles. The van der Waals surface area contributed by atoms with E-state index in [1.54, 1.807) is 11.8 Å². The maximum atomic E-state index is 13.6. The first-order valence-electron chi connectivity index (χ1n) is 11.6. The molecule has 1 atom stereocenters. The molecule has 0 saturated heterocycles. The van der Waals surface area contributed by atoms with E-state index in [-0.39, 0.29) is 42.3 Å². The Kier molecular flexibility index (Phi) is 6.28. The molecule has 33 heavy (non-hydrogen) atoms. The topological polar surface area (TPSA) is 93.5 Å². The summed E-state index contributed by atoms with van der Waals surface area (Å²) in [5.74, 6) is -0.466. The number of rotatable bonds is 5. The van der Waals surface area contributed by atoms with Crippen molar-refractivity contribution in [3.05, 3.63) is 52.8 Å². The van der Waals surface area contributed by atoms with Crippen LogP contribution in [0.3, 0.4) is 0 Å². The number of carbonyl (C=O) groups is 3. The van der Waals surface area contributed by atoms with Gasteiger partial charge in [-0.3, -0.25) is 14.3 Å². The summed E-state index contributed by atoms with van der Waals surface area (Å²) in [6, 6.07) is 9.46. The molecule has 4 rings (SSSR count). The maximum absolute atomic E-state index is 13.6. The van der Waals surface area contributed by atoms with Crippen LogP contribution in [0.5, 0.6) is 0 Å². The highest BCUT2D eigenvalue weighted by atomic mass is 16.5. The summed E-state index contributed by atoms with van der Waals surface area (Å²) in [6.07, 6.45) is 4.04. The molecule has 1 aliphatic heterocycles. The number of benzene rings is 1. The van der Waals surface area contributed by atoms with Gasteiger partial charge in [0.2, 0.25) is 5.91 Å². The van der Waals surface area contributed by atoms with Crippen LogP contribution < -0.4 is 5.32 Å². The molecular formula is C25H32N4O4. The van der Waals surface area contributed by atoms with Crippen molar-refractivity contribution >= 4 is 17.8 Å². The Morgan fingerprint density at radius 2 is 1.85 bits per heavy atom. The second kappa shape index (κ2) is 9.00. The van der Waals surface area contributed by atoms with Gasteiger partial charge in [-0.2, -0.15) is 5.10 Å². The van der Waals surface area contributed by atoms with Gasteiger partial charge in [-0.1, -0.05) is 36.8 Å². The molecule has 1 aliphatic carbocycles. The largest absolute Gasteiger partial charge is 0.464 e. The third-order valence-corrected chi connectivity index (χ3v) is 6.99. The fraction of sp³-hybridized carbons (Fsp3) is 0.520. The molecule has 2 heterocycles. The Labute approximate surface area is 194 Å². The average Bonchev–Trinajstić information content (AvgIpc) is 3.22. The van der Waals surface area contributed by atoms with Crippen molar-refractivity contribution in [2.75, 3.05) is 7.11 Å². The summed E-state index contributed by atoms with van der Waals surface area (Å²) in [6.45, 7) is 6.46. The van der Waals surface area contributed by atoms with E-state index in [1.807, 2.05) is 31.2 Å². The standard InChI is InChI=1S/C25H32N4O4/c1-16-5-9-18(10-6-16)14-28-22(30)21-13-20(23(31)33-4)27-29(21)15-25(28,3)24(32)26-19-11-7-17(2)8-12-19/h5-6,9-10,13,17,19H,7-8,11-12,14-15H2,1-4H3,(H,26,32)/t17?,19?,25-/m1/s1. The predicted molar refractivity (Wildman–Crippen MR) is 123 cm³/mol. The summed E-state index contributed by atoms with van der Waals surface area (Å²) in [7, 11) is 1.27. The summed E-state index contributed by atoms with van der Waals surface area (Å²) < 4.78 is 6.23. The zero-order valence-electron chi connectivity index (χ0n) is 19.8. The Morgan fingerprint density at radius 1 is 1.18 bits per heavy atom. The first kappa shape index (κ1) is 23.0. The Balaban J connectivity index is 1.66. The lowest BCUT2D eigenvalue weighted by Gasteiger charge is -2.44. The minimum Gasteiger partial charge on any atom is -0.464 e. The molecular weight excluding hydrogens is 420 g/mol. The van der Waals surface area contributed by atoms with Crippen molar-refractivity contribution in [2.45, 2.75) is 71.1 Å². The van der Waals surface area contributed by atoms with E-state index in [9.17, 15) is 14.4 Å². The van der Waals surface area contributed by atoms with Crippen LogP contribution >= 0.6 is 0 Å². The van der Waals surface area contributed by atoms with Crippen LogP contribution in [-0.2, 0) is 22.6 Å². The molecule has 1 N–H and O–H groups in total. The van der Waals surface area contributed by atoms with E-state index in [1.165, 1.54) is 17.9 Å². The van der Waals surface area contributed by atoms with Crippen LogP contribution in [0.4, 0.5) is 0 Å². The predicted octanol–water partition coefficient (Wildman–Crippen LogP) is 3.09. The lowest BCUT2D eigenvalue weighted by Crippen LogP contribution is -2.64. The van der Waals surface area contributed by atoms with Gasteiger partial charge < -0.3 is 15.0 Å². The number of nitrogens with one attached hydrogen (secondary N) is 1. The fourth-order valence-electron chi connectivity index (χ4n) is 4.72. The molecule has 2 aliphatic rings. The van der Waals surface area contributed by atoms with Gasteiger partial charge in [0.25, 0.3) is 5.91 Å². The third kappa shape index (κ3) is 4.51. The molecule has 0 unspecified atom stereocenters. The molecule has 0 bridgehead atoms. The van der Waals surface area contributed by atoms with E-state index in [0.717, 1.165) is 36.8 Å². The minimum atomic E-state index is -1.16. The number of ether oxygens (including phenoxy) is 1. The highest BCUT2D eigenvalue weighted by Crippen LogP contribution is 2.31. The van der Waals surface area contributed by atoms with E-state index >= 15 is 0 Å². The molecule has 0 spiro atoms. The second-order valence-electron chi connectivity index (χ2n) is 9.65. The first-order chi connectivity index (χ1) is 15.7. The number of fused-ring (bicyclic) bond motifs is 1. The van der Waals surface area contributed by atoms with Crippen LogP contribution in [-0.4, -0.2) is 51.2 Å². The molecule has 2 amide bonds. The van der Waals surface area contributed by atoms with Crippen molar-refractivity contribution < 1.29 is 19.1 Å². The number of amides is 2. The molecule has 1 fully saturated rings. The maximum Gasteiger partial charge on any atom is 0.358 e. The van der Waals surface area contributed by atoms with Gasteiger partial charge in [0.1, 0.15) is 11.2 Å². The fourth-order valence-corrected chi connectivity index (χ4v) is 4.72. The van der Waals surface area contributed by atoms with E-state index in [4.69, 9.17) is 4.74 Å². The number of esters is 1. The van der Waals surface area contributed by atoms with Crippen molar-refractivity contribution in [1.29, 1.82) is 0 Å². The highest BCUT2D eigenvalue weighted by molar-refractivity contribution is 6.01. The number of carbonyl (C=O) groups excluding carboxylic acids is 3. The summed E-state index contributed by atoms with van der Waals surface area (Å²) in [5.41, 5.74) is 1.23. The first-order valence-corrected chi connectivity index (χ1v) is 11.6. The average molecular weight is 453 g/mol. The molecule has 1 aromatic carbocycles. The van der Waals surface area contributed by atoms with Crippen LogP contribution in [0.15, 0.2) is 30.3 Å². The summed E-state index contributed by atoms with van der Waals surface area (Å²) >= 11 is 0. The Hall–Kier alpha value is -3.16. The van der Waals surface area contributed by atoms with Crippen molar-refractivity contribution in [1.82, 2.24) is 20.0 Å². The van der Waals surface area contributed by atoms with E-state index in [0.29, 0.717) is 5.92 Å². The third-order valence-electron chi connectivity index (χ3n) is 6.99. The summed E-state index contributed by atoms with van der Waals surface area (Å²) in [4.78, 5) is 40.9. The number of aromatic nitrogens is 2.